The highest BCUT2D eigenvalue weighted by Gasteiger charge is 2.23. The lowest BCUT2D eigenvalue weighted by Gasteiger charge is -2.20. The van der Waals surface area contributed by atoms with Gasteiger partial charge in [-0.05, 0) is 75.8 Å². The van der Waals surface area contributed by atoms with Crippen molar-refractivity contribution in [3.63, 3.8) is 0 Å². The molecule has 1 aliphatic carbocycles. The zero-order valence-electron chi connectivity index (χ0n) is 18.1. The number of rotatable bonds is 5. The summed E-state index contributed by atoms with van der Waals surface area (Å²) < 4.78 is 30.5. The van der Waals surface area contributed by atoms with E-state index in [1.165, 1.54) is 4.68 Å². The van der Waals surface area contributed by atoms with Crippen molar-refractivity contribution in [3.05, 3.63) is 75.1 Å². The van der Waals surface area contributed by atoms with Crippen molar-refractivity contribution in [3.8, 4) is 11.3 Å². The molecule has 31 heavy (non-hydrogen) atoms. The molecule has 0 amide bonds. The van der Waals surface area contributed by atoms with Gasteiger partial charge in [0.2, 0.25) is 0 Å². The van der Waals surface area contributed by atoms with Crippen molar-refractivity contribution in [2.75, 3.05) is 4.72 Å². The molecular weight excluding hydrogens is 410 g/mol. The van der Waals surface area contributed by atoms with Crippen LogP contribution in [-0.4, -0.2) is 18.2 Å². The molecule has 1 heterocycles. The van der Waals surface area contributed by atoms with Gasteiger partial charge in [0.05, 0.1) is 10.6 Å². The van der Waals surface area contributed by atoms with E-state index in [4.69, 9.17) is 0 Å². The quantitative estimate of drug-likeness (QED) is 0.648. The summed E-state index contributed by atoms with van der Waals surface area (Å²) in [6.07, 6.45) is 3.53. The lowest BCUT2D eigenvalue weighted by atomic mass is 9.89. The molecule has 1 N–H and O–H groups in total. The third-order valence-corrected chi connectivity index (χ3v) is 7.34. The summed E-state index contributed by atoms with van der Waals surface area (Å²) in [7, 11) is -3.78. The fourth-order valence-electron chi connectivity index (χ4n) is 4.10. The summed E-state index contributed by atoms with van der Waals surface area (Å²) in [5.41, 5.74) is 5.41. The van der Waals surface area contributed by atoms with E-state index in [0.717, 1.165) is 47.9 Å². The van der Waals surface area contributed by atoms with Gasteiger partial charge in [0, 0.05) is 23.4 Å². The molecule has 0 radical (unpaired) electrons. The predicted molar refractivity (Wildman–Crippen MR) is 123 cm³/mol. The fourth-order valence-corrected chi connectivity index (χ4v) is 5.43. The molecule has 6 nitrogen and oxygen atoms in total. The lowest BCUT2D eigenvalue weighted by Crippen LogP contribution is -2.30. The Labute approximate surface area is 183 Å². The van der Waals surface area contributed by atoms with Gasteiger partial charge < -0.3 is 0 Å². The van der Waals surface area contributed by atoms with Crippen LogP contribution in [0.3, 0.4) is 0 Å². The first-order valence-electron chi connectivity index (χ1n) is 10.6. The van der Waals surface area contributed by atoms with Gasteiger partial charge in [-0.1, -0.05) is 29.8 Å². The zero-order chi connectivity index (χ0) is 22.2. The number of hydrogen-bond donors (Lipinski definition) is 1. The van der Waals surface area contributed by atoms with Crippen LogP contribution in [0, 0.1) is 13.8 Å². The molecule has 2 aromatic carbocycles. The Morgan fingerprint density at radius 3 is 2.35 bits per heavy atom. The van der Waals surface area contributed by atoms with E-state index in [2.05, 4.69) is 9.82 Å². The molecule has 1 aromatic heterocycles. The maximum absolute atomic E-state index is 13.2. The zero-order valence-corrected chi connectivity index (χ0v) is 18.9. The van der Waals surface area contributed by atoms with Crippen molar-refractivity contribution in [1.82, 2.24) is 9.78 Å². The van der Waals surface area contributed by atoms with Gasteiger partial charge in [0.25, 0.3) is 15.6 Å². The number of fused-ring (bicyclic) bond motifs is 1. The van der Waals surface area contributed by atoms with Gasteiger partial charge >= 0.3 is 0 Å². The SMILES string of the molecule is CCn1nc(-c2ccc(C)c(S(=O)(=O)Nc3ccc(C)cc3)c2)c2c(c1=O)CCCC2. The Morgan fingerprint density at radius 2 is 1.68 bits per heavy atom. The maximum Gasteiger partial charge on any atom is 0.270 e. The Hall–Kier alpha value is -2.93. The summed E-state index contributed by atoms with van der Waals surface area (Å²) in [6.45, 7) is 6.10. The van der Waals surface area contributed by atoms with Crippen LogP contribution in [0.2, 0.25) is 0 Å². The monoisotopic (exact) mass is 437 g/mol. The number of nitrogens with zero attached hydrogens (tertiary/aromatic N) is 2. The highest BCUT2D eigenvalue weighted by molar-refractivity contribution is 7.92. The van der Waals surface area contributed by atoms with Gasteiger partial charge in [-0.25, -0.2) is 13.1 Å². The predicted octanol–water partition coefficient (Wildman–Crippen LogP) is 4.23. The minimum absolute atomic E-state index is 0.0260. The maximum atomic E-state index is 13.2. The molecule has 0 atom stereocenters. The first-order chi connectivity index (χ1) is 14.8. The molecule has 3 aromatic rings. The first-order valence-corrected chi connectivity index (χ1v) is 12.1. The van der Waals surface area contributed by atoms with Crippen molar-refractivity contribution in [1.29, 1.82) is 0 Å². The molecule has 0 fully saturated rings. The van der Waals surface area contributed by atoms with E-state index in [9.17, 15) is 13.2 Å². The highest BCUT2D eigenvalue weighted by atomic mass is 32.2. The van der Waals surface area contributed by atoms with E-state index in [1.54, 1.807) is 31.2 Å². The molecule has 0 aliphatic heterocycles. The second-order valence-electron chi connectivity index (χ2n) is 8.09. The van der Waals surface area contributed by atoms with E-state index in [1.807, 2.05) is 32.0 Å². The van der Waals surface area contributed by atoms with E-state index < -0.39 is 10.0 Å². The third-order valence-electron chi connectivity index (χ3n) is 5.82. The van der Waals surface area contributed by atoms with Crippen LogP contribution < -0.4 is 10.3 Å². The van der Waals surface area contributed by atoms with Crippen LogP contribution in [-0.2, 0) is 29.4 Å². The summed E-state index contributed by atoms with van der Waals surface area (Å²) in [4.78, 5) is 12.9. The number of nitrogens with one attached hydrogen (secondary N) is 1. The highest BCUT2D eigenvalue weighted by Crippen LogP contribution is 2.31. The van der Waals surface area contributed by atoms with Gasteiger partial charge in [-0.15, -0.1) is 0 Å². The first kappa shape index (κ1) is 21.3. The second-order valence-corrected chi connectivity index (χ2v) is 9.74. The molecule has 162 valence electrons. The van der Waals surface area contributed by atoms with Gasteiger partial charge in [-0.2, -0.15) is 5.10 Å². The molecule has 7 heteroatoms. The number of hydrogen-bond acceptors (Lipinski definition) is 4. The number of aryl methyl sites for hydroxylation is 3. The summed E-state index contributed by atoms with van der Waals surface area (Å²) in [5, 5.41) is 4.61. The van der Waals surface area contributed by atoms with Crippen LogP contribution in [0.15, 0.2) is 52.2 Å². The average Bonchev–Trinajstić information content (AvgIpc) is 2.76. The van der Waals surface area contributed by atoms with Crippen LogP contribution in [0.5, 0.6) is 0 Å². The second kappa shape index (κ2) is 8.30. The number of anilines is 1. The Bertz CT molecular complexity index is 1290. The van der Waals surface area contributed by atoms with Crippen molar-refractivity contribution < 1.29 is 8.42 Å². The molecule has 0 saturated carbocycles. The Morgan fingerprint density at radius 1 is 1.00 bits per heavy atom. The van der Waals surface area contributed by atoms with Crippen molar-refractivity contribution in [2.24, 2.45) is 0 Å². The number of sulfonamides is 1. The summed E-state index contributed by atoms with van der Waals surface area (Å²) in [6, 6.07) is 12.6. The smallest absolute Gasteiger partial charge is 0.270 e. The van der Waals surface area contributed by atoms with Crippen LogP contribution in [0.1, 0.15) is 42.0 Å². The molecule has 1 aliphatic rings. The standard InChI is InChI=1S/C24H27N3O3S/c1-4-27-24(28)21-8-6-5-7-20(21)23(25-27)18-12-11-17(3)22(15-18)31(29,30)26-19-13-9-16(2)10-14-19/h9-15,26H,4-8H2,1-3H3. The van der Waals surface area contributed by atoms with Crippen LogP contribution in [0.25, 0.3) is 11.3 Å². The van der Waals surface area contributed by atoms with Crippen LogP contribution in [0.4, 0.5) is 5.69 Å². The van der Waals surface area contributed by atoms with Gasteiger partial charge in [0.1, 0.15) is 0 Å². The fraction of sp³-hybridized carbons (Fsp3) is 0.333. The van der Waals surface area contributed by atoms with Gasteiger partial charge in [-0.3, -0.25) is 9.52 Å². The Balaban J connectivity index is 1.82. The largest absolute Gasteiger partial charge is 0.280 e. The van der Waals surface area contributed by atoms with E-state index in [0.29, 0.717) is 23.5 Å². The van der Waals surface area contributed by atoms with Crippen molar-refractivity contribution in [2.45, 2.75) is 57.9 Å². The van der Waals surface area contributed by atoms with Crippen molar-refractivity contribution >= 4 is 15.7 Å². The minimum atomic E-state index is -3.78. The molecule has 4 rings (SSSR count). The normalized spacial score (nSPS) is 13.6. The molecular formula is C24H27N3O3S. The Kier molecular flexibility index (Phi) is 5.71. The lowest BCUT2D eigenvalue weighted by molar-refractivity contribution is 0.581. The summed E-state index contributed by atoms with van der Waals surface area (Å²) >= 11 is 0. The molecule has 0 spiro atoms. The van der Waals surface area contributed by atoms with E-state index in [-0.39, 0.29) is 10.5 Å². The third kappa shape index (κ3) is 4.14. The molecule has 0 unspecified atom stereocenters. The molecule has 0 bridgehead atoms. The van der Waals surface area contributed by atoms with E-state index >= 15 is 0 Å². The molecule has 0 saturated heterocycles. The average molecular weight is 438 g/mol. The number of benzene rings is 2. The number of aromatic nitrogens is 2. The van der Waals surface area contributed by atoms with Gasteiger partial charge in [0.15, 0.2) is 0 Å². The van der Waals surface area contributed by atoms with Crippen LogP contribution >= 0.6 is 0 Å². The topological polar surface area (TPSA) is 81.1 Å². The minimum Gasteiger partial charge on any atom is -0.280 e. The summed E-state index contributed by atoms with van der Waals surface area (Å²) in [5.74, 6) is 0.